The fourth-order valence-electron chi connectivity index (χ4n) is 2.55. The third kappa shape index (κ3) is 2.69. The predicted octanol–water partition coefficient (Wildman–Crippen LogP) is 0.882. The zero-order valence-corrected chi connectivity index (χ0v) is 8.87. The molecule has 0 bridgehead atoms. The van der Waals surface area contributed by atoms with Crippen LogP contribution in [0, 0.1) is 5.92 Å². The average Bonchev–Trinajstić information content (AvgIpc) is 2.78. The van der Waals surface area contributed by atoms with Crippen LogP contribution >= 0.6 is 0 Å². The van der Waals surface area contributed by atoms with Crippen molar-refractivity contribution in [1.82, 2.24) is 5.32 Å². The molecule has 1 aliphatic carbocycles. The first-order valence-corrected chi connectivity index (χ1v) is 5.94. The number of ether oxygens (including phenoxy) is 1. The van der Waals surface area contributed by atoms with Crippen molar-refractivity contribution in [3.05, 3.63) is 0 Å². The Kier molecular flexibility index (Phi) is 3.79. The summed E-state index contributed by atoms with van der Waals surface area (Å²) >= 11 is 0. The normalized spacial score (nSPS) is 37.9. The molecule has 2 rings (SSSR count). The maximum absolute atomic E-state index is 6.00. The summed E-state index contributed by atoms with van der Waals surface area (Å²) in [4.78, 5) is 0. The Morgan fingerprint density at radius 3 is 2.71 bits per heavy atom. The highest BCUT2D eigenvalue weighted by Crippen LogP contribution is 2.23. The van der Waals surface area contributed by atoms with Crippen molar-refractivity contribution in [3.63, 3.8) is 0 Å². The summed E-state index contributed by atoms with van der Waals surface area (Å²) in [5.74, 6) is 0.705. The molecule has 1 saturated carbocycles. The van der Waals surface area contributed by atoms with Gasteiger partial charge in [0.2, 0.25) is 0 Å². The summed E-state index contributed by atoms with van der Waals surface area (Å²) in [6, 6.07) is 0.437. The van der Waals surface area contributed by atoms with Crippen LogP contribution in [0.2, 0.25) is 0 Å². The Balaban J connectivity index is 1.57. The van der Waals surface area contributed by atoms with Crippen LogP contribution in [-0.2, 0) is 4.74 Å². The Labute approximate surface area is 86.4 Å². The lowest BCUT2D eigenvalue weighted by atomic mass is 10.0. The van der Waals surface area contributed by atoms with E-state index in [1.165, 1.54) is 32.1 Å². The summed E-state index contributed by atoms with van der Waals surface area (Å²) in [6.07, 6.45) is 6.76. The lowest BCUT2D eigenvalue weighted by Gasteiger charge is -2.17. The molecule has 1 heterocycles. The molecule has 1 saturated heterocycles. The summed E-state index contributed by atoms with van der Waals surface area (Å²) in [5, 5.41) is 3.49. The van der Waals surface area contributed by atoms with Gasteiger partial charge >= 0.3 is 0 Å². The van der Waals surface area contributed by atoms with E-state index in [-0.39, 0.29) is 0 Å². The molecular weight excluding hydrogens is 176 g/mol. The summed E-state index contributed by atoms with van der Waals surface area (Å²) in [5.41, 5.74) is 6.00. The molecule has 3 nitrogen and oxygen atoms in total. The van der Waals surface area contributed by atoms with Crippen molar-refractivity contribution in [3.8, 4) is 0 Å². The third-order valence-electron chi connectivity index (χ3n) is 3.52. The van der Waals surface area contributed by atoms with E-state index in [0.717, 1.165) is 19.7 Å². The van der Waals surface area contributed by atoms with E-state index in [1.54, 1.807) is 0 Å². The SMILES string of the molecule is NC1CCCC1CNCC1CCCO1. The van der Waals surface area contributed by atoms with Gasteiger partial charge in [-0.1, -0.05) is 6.42 Å². The van der Waals surface area contributed by atoms with Crippen LogP contribution < -0.4 is 11.1 Å². The molecule has 0 spiro atoms. The van der Waals surface area contributed by atoms with Crippen LogP contribution in [0.25, 0.3) is 0 Å². The molecule has 14 heavy (non-hydrogen) atoms. The van der Waals surface area contributed by atoms with E-state index < -0.39 is 0 Å². The molecule has 0 aromatic rings. The number of nitrogens with two attached hydrogens (primary N) is 1. The quantitative estimate of drug-likeness (QED) is 0.705. The molecule has 1 aliphatic heterocycles. The van der Waals surface area contributed by atoms with E-state index in [0.29, 0.717) is 18.1 Å². The van der Waals surface area contributed by atoms with E-state index in [4.69, 9.17) is 10.5 Å². The number of hydrogen-bond acceptors (Lipinski definition) is 3. The Hall–Kier alpha value is -0.120. The molecule has 82 valence electrons. The Morgan fingerprint density at radius 2 is 2.07 bits per heavy atom. The second-order valence-corrected chi connectivity index (χ2v) is 4.65. The van der Waals surface area contributed by atoms with Gasteiger partial charge in [0.15, 0.2) is 0 Å². The zero-order chi connectivity index (χ0) is 9.80. The van der Waals surface area contributed by atoms with Gasteiger partial charge < -0.3 is 15.8 Å². The van der Waals surface area contributed by atoms with Gasteiger partial charge in [0.1, 0.15) is 0 Å². The molecule has 3 unspecified atom stereocenters. The van der Waals surface area contributed by atoms with Crippen LogP contribution in [0.4, 0.5) is 0 Å². The van der Waals surface area contributed by atoms with Gasteiger partial charge in [-0.15, -0.1) is 0 Å². The first-order valence-electron chi connectivity index (χ1n) is 5.94. The van der Waals surface area contributed by atoms with E-state index in [2.05, 4.69) is 5.32 Å². The fourth-order valence-corrected chi connectivity index (χ4v) is 2.55. The molecule has 3 atom stereocenters. The van der Waals surface area contributed by atoms with Gasteiger partial charge in [-0.05, 0) is 38.1 Å². The highest BCUT2D eigenvalue weighted by molar-refractivity contribution is 4.82. The van der Waals surface area contributed by atoms with Crippen molar-refractivity contribution < 1.29 is 4.74 Å². The summed E-state index contributed by atoms with van der Waals surface area (Å²) in [6.45, 7) is 3.06. The first kappa shape index (κ1) is 10.4. The van der Waals surface area contributed by atoms with Crippen molar-refractivity contribution in [2.45, 2.75) is 44.2 Å². The highest BCUT2D eigenvalue weighted by atomic mass is 16.5. The smallest absolute Gasteiger partial charge is 0.0700 e. The first-order chi connectivity index (χ1) is 6.86. The molecular formula is C11H22N2O. The van der Waals surface area contributed by atoms with Gasteiger partial charge in [-0.25, -0.2) is 0 Å². The van der Waals surface area contributed by atoms with Crippen LogP contribution in [0.15, 0.2) is 0 Å². The van der Waals surface area contributed by atoms with E-state index in [1.807, 2.05) is 0 Å². The topological polar surface area (TPSA) is 47.3 Å². The lowest BCUT2D eigenvalue weighted by Crippen LogP contribution is -2.36. The zero-order valence-electron chi connectivity index (χ0n) is 8.87. The van der Waals surface area contributed by atoms with Crippen LogP contribution in [0.5, 0.6) is 0 Å². The maximum atomic E-state index is 6.00. The molecule has 0 aromatic carbocycles. The summed E-state index contributed by atoms with van der Waals surface area (Å²) < 4.78 is 5.55. The Morgan fingerprint density at radius 1 is 1.14 bits per heavy atom. The van der Waals surface area contributed by atoms with Gasteiger partial charge in [0.05, 0.1) is 6.10 Å². The average molecular weight is 198 g/mol. The number of nitrogens with one attached hydrogen (secondary N) is 1. The second-order valence-electron chi connectivity index (χ2n) is 4.65. The van der Waals surface area contributed by atoms with Crippen LogP contribution in [0.1, 0.15) is 32.1 Å². The molecule has 3 N–H and O–H groups in total. The molecule has 2 fully saturated rings. The van der Waals surface area contributed by atoms with Crippen molar-refractivity contribution in [2.75, 3.05) is 19.7 Å². The lowest BCUT2D eigenvalue weighted by molar-refractivity contribution is 0.109. The molecule has 3 heteroatoms. The van der Waals surface area contributed by atoms with Crippen LogP contribution in [0.3, 0.4) is 0 Å². The molecule has 0 amide bonds. The Bertz CT molecular complexity index is 169. The van der Waals surface area contributed by atoms with Gasteiger partial charge in [-0.3, -0.25) is 0 Å². The number of hydrogen-bond donors (Lipinski definition) is 2. The standard InChI is InChI=1S/C11H22N2O/c12-11-5-1-3-9(11)7-13-8-10-4-2-6-14-10/h9-11,13H,1-8,12H2. The van der Waals surface area contributed by atoms with Gasteiger partial charge in [0.25, 0.3) is 0 Å². The van der Waals surface area contributed by atoms with Crippen molar-refractivity contribution >= 4 is 0 Å². The maximum Gasteiger partial charge on any atom is 0.0700 e. The monoisotopic (exact) mass is 198 g/mol. The van der Waals surface area contributed by atoms with E-state index in [9.17, 15) is 0 Å². The minimum absolute atomic E-state index is 0.437. The second kappa shape index (κ2) is 5.10. The van der Waals surface area contributed by atoms with Crippen molar-refractivity contribution in [1.29, 1.82) is 0 Å². The number of rotatable bonds is 4. The minimum atomic E-state index is 0.437. The predicted molar refractivity (Wildman–Crippen MR) is 57.2 cm³/mol. The van der Waals surface area contributed by atoms with Crippen molar-refractivity contribution in [2.24, 2.45) is 11.7 Å². The van der Waals surface area contributed by atoms with Gasteiger partial charge in [0, 0.05) is 19.2 Å². The molecule has 2 aliphatic rings. The minimum Gasteiger partial charge on any atom is -0.377 e. The summed E-state index contributed by atoms with van der Waals surface area (Å²) in [7, 11) is 0. The van der Waals surface area contributed by atoms with Crippen LogP contribution in [-0.4, -0.2) is 31.8 Å². The fraction of sp³-hybridized carbons (Fsp3) is 1.00. The molecule has 0 radical (unpaired) electrons. The molecule has 0 aromatic heterocycles. The highest BCUT2D eigenvalue weighted by Gasteiger charge is 2.23. The third-order valence-corrected chi connectivity index (χ3v) is 3.52. The van der Waals surface area contributed by atoms with Gasteiger partial charge in [-0.2, -0.15) is 0 Å². The van der Waals surface area contributed by atoms with E-state index >= 15 is 0 Å². The largest absolute Gasteiger partial charge is 0.377 e.